The van der Waals surface area contributed by atoms with Gasteiger partial charge in [-0.15, -0.1) is 0 Å². The van der Waals surface area contributed by atoms with Crippen molar-refractivity contribution in [2.75, 3.05) is 18.8 Å². The van der Waals surface area contributed by atoms with Crippen LogP contribution in [-0.4, -0.2) is 25.8 Å². The van der Waals surface area contributed by atoms with E-state index in [9.17, 15) is 12.8 Å². The maximum absolute atomic E-state index is 13.3. The Bertz CT molecular complexity index is 638. The van der Waals surface area contributed by atoms with Crippen LogP contribution in [0.5, 0.6) is 0 Å². The molecule has 0 radical (unpaired) electrons. The molecule has 1 heterocycles. The number of rotatable bonds is 2. The molecule has 0 fully saturated rings. The molecular weight excluding hydrogens is 267 g/mol. The Morgan fingerprint density at radius 2 is 2.00 bits per heavy atom. The number of aryl methyl sites for hydroxylation is 1. The van der Waals surface area contributed by atoms with Crippen LogP contribution < -0.4 is 5.73 Å². The molecule has 0 atom stereocenters. The van der Waals surface area contributed by atoms with E-state index in [-0.39, 0.29) is 10.6 Å². The van der Waals surface area contributed by atoms with E-state index in [1.54, 1.807) is 6.92 Å². The lowest BCUT2D eigenvalue weighted by atomic mass is 10.1. The highest BCUT2D eigenvalue weighted by atomic mass is 32.2. The second-order valence-corrected chi connectivity index (χ2v) is 6.71. The second-order valence-electron chi connectivity index (χ2n) is 4.80. The lowest BCUT2D eigenvalue weighted by molar-refractivity contribution is 0.431. The Labute approximate surface area is 112 Å². The molecule has 0 bridgehead atoms. The summed E-state index contributed by atoms with van der Waals surface area (Å²) in [7, 11) is -3.61. The van der Waals surface area contributed by atoms with Gasteiger partial charge in [0.1, 0.15) is 5.82 Å². The third-order valence-corrected chi connectivity index (χ3v) is 5.32. The maximum Gasteiger partial charge on any atom is 0.243 e. The molecule has 0 amide bonds. The van der Waals surface area contributed by atoms with Gasteiger partial charge < -0.3 is 5.73 Å². The second kappa shape index (κ2) is 4.94. The SMILES string of the molecule is CC1=CCN(S(=O)(=O)c2cc(N)c(F)cc2C)CC1. The van der Waals surface area contributed by atoms with Crippen LogP contribution in [0, 0.1) is 12.7 Å². The van der Waals surface area contributed by atoms with Crippen LogP contribution in [0.4, 0.5) is 10.1 Å². The first kappa shape index (κ1) is 14.0. The van der Waals surface area contributed by atoms with Gasteiger partial charge in [-0.3, -0.25) is 0 Å². The fourth-order valence-corrected chi connectivity index (χ4v) is 3.68. The van der Waals surface area contributed by atoms with Crippen LogP contribution in [0.1, 0.15) is 18.9 Å². The molecule has 0 unspecified atom stereocenters. The van der Waals surface area contributed by atoms with Crippen molar-refractivity contribution in [1.29, 1.82) is 0 Å². The summed E-state index contributed by atoms with van der Waals surface area (Å²) in [5.41, 5.74) is 6.88. The number of anilines is 1. The van der Waals surface area contributed by atoms with Crippen molar-refractivity contribution < 1.29 is 12.8 Å². The zero-order chi connectivity index (χ0) is 14.2. The monoisotopic (exact) mass is 284 g/mol. The van der Waals surface area contributed by atoms with Gasteiger partial charge in [0.25, 0.3) is 0 Å². The van der Waals surface area contributed by atoms with Gasteiger partial charge >= 0.3 is 0 Å². The average Bonchev–Trinajstić information content (AvgIpc) is 2.34. The summed E-state index contributed by atoms with van der Waals surface area (Å²) in [6.07, 6.45) is 2.61. The van der Waals surface area contributed by atoms with Crippen LogP contribution >= 0.6 is 0 Å². The van der Waals surface area contributed by atoms with Crippen molar-refractivity contribution in [2.45, 2.75) is 25.2 Å². The highest BCUT2D eigenvalue weighted by Crippen LogP contribution is 2.26. The summed E-state index contributed by atoms with van der Waals surface area (Å²) in [4.78, 5) is 0.0827. The van der Waals surface area contributed by atoms with E-state index in [1.165, 1.54) is 15.9 Å². The van der Waals surface area contributed by atoms with E-state index in [4.69, 9.17) is 5.73 Å². The highest BCUT2D eigenvalue weighted by Gasteiger charge is 2.27. The van der Waals surface area contributed by atoms with E-state index in [0.29, 0.717) is 18.7 Å². The number of hydrogen-bond acceptors (Lipinski definition) is 3. The Hall–Kier alpha value is -1.40. The van der Waals surface area contributed by atoms with Crippen molar-refractivity contribution in [3.63, 3.8) is 0 Å². The van der Waals surface area contributed by atoms with Crippen LogP contribution in [0.2, 0.25) is 0 Å². The predicted octanol–water partition coefficient (Wildman–Crippen LogP) is 2.06. The minimum absolute atomic E-state index is 0.0827. The number of halogens is 1. The van der Waals surface area contributed by atoms with Gasteiger partial charge in [-0.2, -0.15) is 4.31 Å². The normalized spacial score (nSPS) is 17.3. The van der Waals surface area contributed by atoms with E-state index in [1.807, 2.05) is 13.0 Å². The van der Waals surface area contributed by atoms with Crippen molar-refractivity contribution >= 4 is 15.7 Å². The lowest BCUT2D eigenvalue weighted by Crippen LogP contribution is -2.35. The Balaban J connectivity index is 2.43. The van der Waals surface area contributed by atoms with Crippen LogP contribution in [0.3, 0.4) is 0 Å². The Kier molecular flexibility index (Phi) is 3.64. The summed E-state index contributed by atoms with van der Waals surface area (Å²) in [5, 5.41) is 0. The first-order valence-corrected chi connectivity index (χ1v) is 7.48. The molecule has 6 heteroatoms. The summed E-state index contributed by atoms with van der Waals surface area (Å²) in [5.74, 6) is -0.592. The van der Waals surface area contributed by atoms with Crippen LogP contribution in [0.15, 0.2) is 28.7 Å². The fourth-order valence-electron chi connectivity index (χ4n) is 2.06. The molecule has 19 heavy (non-hydrogen) atoms. The van der Waals surface area contributed by atoms with Crippen molar-refractivity contribution in [1.82, 2.24) is 4.31 Å². The molecule has 0 spiro atoms. The van der Waals surface area contributed by atoms with E-state index >= 15 is 0 Å². The molecule has 1 aromatic rings. The molecule has 0 saturated carbocycles. The van der Waals surface area contributed by atoms with Gasteiger partial charge in [0.05, 0.1) is 10.6 Å². The van der Waals surface area contributed by atoms with Gasteiger partial charge in [-0.05, 0) is 38.0 Å². The molecule has 0 aliphatic carbocycles. The topological polar surface area (TPSA) is 63.4 Å². The zero-order valence-electron chi connectivity index (χ0n) is 11.0. The maximum atomic E-state index is 13.3. The third-order valence-electron chi connectivity index (χ3n) is 3.31. The molecule has 2 rings (SSSR count). The quantitative estimate of drug-likeness (QED) is 0.668. The first-order valence-electron chi connectivity index (χ1n) is 6.04. The minimum Gasteiger partial charge on any atom is -0.396 e. The number of hydrogen-bond donors (Lipinski definition) is 1. The Morgan fingerprint density at radius 1 is 1.32 bits per heavy atom. The molecule has 1 aromatic carbocycles. The minimum atomic E-state index is -3.61. The smallest absolute Gasteiger partial charge is 0.243 e. The number of nitrogen functional groups attached to an aromatic ring is 1. The van der Waals surface area contributed by atoms with E-state index in [0.717, 1.165) is 12.5 Å². The first-order chi connectivity index (χ1) is 8.82. The van der Waals surface area contributed by atoms with Crippen LogP contribution in [-0.2, 0) is 10.0 Å². The molecule has 1 aliphatic rings. The van der Waals surface area contributed by atoms with Crippen LogP contribution in [0.25, 0.3) is 0 Å². The largest absolute Gasteiger partial charge is 0.396 e. The van der Waals surface area contributed by atoms with Crippen molar-refractivity contribution in [3.05, 3.63) is 35.2 Å². The van der Waals surface area contributed by atoms with Gasteiger partial charge in [-0.1, -0.05) is 11.6 Å². The fraction of sp³-hybridized carbons (Fsp3) is 0.385. The molecule has 104 valence electrons. The lowest BCUT2D eigenvalue weighted by Gasteiger charge is -2.25. The molecular formula is C13H17FN2O2S. The molecule has 1 aliphatic heterocycles. The van der Waals surface area contributed by atoms with Crippen molar-refractivity contribution in [3.8, 4) is 0 Å². The van der Waals surface area contributed by atoms with E-state index < -0.39 is 15.8 Å². The molecule has 2 N–H and O–H groups in total. The molecule has 4 nitrogen and oxygen atoms in total. The number of benzene rings is 1. The van der Waals surface area contributed by atoms with E-state index in [2.05, 4.69) is 0 Å². The summed E-state index contributed by atoms with van der Waals surface area (Å²) >= 11 is 0. The summed E-state index contributed by atoms with van der Waals surface area (Å²) < 4.78 is 39.7. The number of nitrogens with zero attached hydrogens (tertiary/aromatic N) is 1. The highest BCUT2D eigenvalue weighted by molar-refractivity contribution is 7.89. The van der Waals surface area contributed by atoms with Gasteiger partial charge in [0.15, 0.2) is 0 Å². The Morgan fingerprint density at radius 3 is 2.58 bits per heavy atom. The third kappa shape index (κ3) is 2.64. The van der Waals surface area contributed by atoms with Gasteiger partial charge in [-0.25, -0.2) is 12.8 Å². The van der Waals surface area contributed by atoms with Gasteiger partial charge in [0, 0.05) is 13.1 Å². The number of sulfonamides is 1. The average molecular weight is 284 g/mol. The zero-order valence-corrected chi connectivity index (χ0v) is 11.8. The molecule has 0 saturated heterocycles. The number of nitrogens with two attached hydrogens (primary N) is 1. The molecule has 0 aromatic heterocycles. The van der Waals surface area contributed by atoms with Crippen molar-refractivity contribution in [2.24, 2.45) is 0 Å². The standard InChI is InChI=1S/C13H17FN2O2S/c1-9-3-5-16(6-4-9)19(17,18)13-8-12(15)11(14)7-10(13)2/h3,7-8H,4-6,15H2,1-2H3. The summed E-state index contributed by atoms with van der Waals surface area (Å²) in [6, 6.07) is 2.36. The predicted molar refractivity (Wildman–Crippen MR) is 72.7 cm³/mol. The summed E-state index contributed by atoms with van der Waals surface area (Å²) in [6.45, 7) is 4.35. The van der Waals surface area contributed by atoms with Gasteiger partial charge in [0.2, 0.25) is 10.0 Å².